The maximum absolute atomic E-state index is 12.1. The molecule has 2 rings (SSSR count). The Morgan fingerprint density at radius 3 is 2.74 bits per heavy atom. The van der Waals surface area contributed by atoms with Gasteiger partial charge in [0.15, 0.2) is 0 Å². The van der Waals surface area contributed by atoms with Crippen LogP contribution < -0.4 is 11.1 Å². The highest BCUT2D eigenvalue weighted by Crippen LogP contribution is 2.32. The third-order valence-electron chi connectivity index (χ3n) is 3.17. The maximum Gasteiger partial charge on any atom is 0.270 e. The van der Waals surface area contributed by atoms with Crippen molar-refractivity contribution in [3.8, 4) is 0 Å². The predicted octanol–water partition coefficient (Wildman–Crippen LogP) is 1.67. The molecule has 3 N–H and O–H groups in total. The largest absolute Gasteiger partial charge is 0.348 e. The second kappa shape index (κ2) is 5.83. The quantitative estimate of drug-likeness (QED) is 0.465. The lowest BCUT2D eigenvalue weighted by Crippen LogP contribution is -2.42. The summed E-state index contributed by atoms with van der Waals surface area (Å²) in [5.74, 6) is 0.256. The lowest BCUT2D eigenvalue weighted by molar-refractivity contribution is -0.384. The lowest BCUT2D eigenvalue weighted by atomic mass is 10.1. The van der Waals surface area contributed by atoms with Gasteiger partial charge in [0.25, 0.3) is 11.6 Å². The van der Waals surface area contributed by atoms with Crippen molar-refractivity contribution in [2.45, 2.75) is 18.9 Å². The highest BCUT2D eigenvalue weighted by atomic mass is 127. The number of benzene rings is 1. The zero-order valence-corrected chi connectivity index (χ0v) is 12.3. The van der Waals surface area contributed by atoms with Gasteiger partial charge in [0, 0.05) is 28.3 Å². The number of rotatable bonds is 5. The smallest absolute Gasteiger partial charge is 0.270 e. The number of nitro benzene ring substituents is 1. The average Bonchev–Trinajstić information content (AvgIpc) is 3.19. The number of non-ortho nitro benzene ring substituents is 1. The molecular formula is C12H14IN3O3. The minimum atomic E-state index is -0.475. The Balaban J connectivity index is 2.12. The Labute approximate surface area is 124 Å². The molecule has 1 aliphatic carbocycles. The highest BCUT2D eigenvalue weighted by Gasteiger charge is 2.31. The molecule has 0 spiro atoms. The molecule has 1 saturated carbocycles. The fourth-order valence-electron chi connectivity index (χ4n) is 1.92. The van der Waals surface area contributed by atoms with Crippen molar-refractivity contribution < 1.29 is 9.72 Å². The van der Waals surface area contributed by atoms with Crippen LogP contribution in [0, 0.1) is 19.6 Å². The molecule has 0 aliphatic heterocycles. The van der Waals surface area contributed by atoms with E-state index in [4.69, 9.17) is 5.73 Å². The Bertz CT molecular complexity index is 517. The monoisotopic (exact) mass is 375 g/mol. The third kappa shape index (κ3) is 3.41. The Morgan fingerprint density at radius 1 is 1.58 bits per heavy atom. The topological polar surface area (TPSA) is 98.3 Å². The van der Waals surface area contributed by atoms with Gasteiger partial charge in [-0.15, -0.1) is 0 Å². The average molecular weight is 375 g/mol. The van der Waals surface area contributed by atoms with E-state index in [9.17, 15) is 14.9 Å². The molecule has 1 aromatic rings. The molecule has 19 heavy (non-hydrogen) atoms. The van der Waals surface area contributed by atoms with Crippen LogP contribution in [0.15, 0.2) is 18.2 Å². The second-order valence-corrected chi connectivity index (χ2v) is 5.74. The molecule has 7 heteroatoms. The zero-order chi connectivity index (χ0) is 14.0. The molecule has 0 radical (unpaired) electrons. The van der Waals surface area contributed by atoms with Gasteiger partial charge in [-0.25, -0.2) is 0 Å². The van der Waals surface area contributed by atoms with Crippen molar-refractivity contribution in [1.82, 2.24) is 5.32 Å². The molecule has 0 heterocycles. The SMILES string of the molecule is NCC(NC(=O)c1ccc([N+](=O)[O-])cc1I)C1CC1. The first kappa shape index (κ1) is 14.2. The van der Waals surface area contributed by atoms with Crippen LogP contribution >= 0.6 is 22.6 Å². The molecule has 6 nitrogen and oxygen atoms in total. The van der Waals surface area contributed by atoms with E-state index in [2.05, 4.69) is 5.32 Å². The van der Waals surface area contributed by atoms with Crippen molar-refractivity contribution in [2.75, 3.05) is 6.54 Å². The fraction of sp³-hybridized carbons (Fsp3) is 0.417. The molecule has 1 unspecified atom stereocenters. The third-order valence-corrected chi connectivity index (χ3v) is 4.06. The van der Waals surface area contributed by atoms with Gasteiger partial charge in [-0.2, -0.15) is 0 Å². The molecule has 1 amide bonds. The lowest BCUT2D eigenvalue weighted by Gasteiger charge is -2.16. The van der Waals surface area contributed by atoms with E-state index in [-0.39, 0.29) is 17.6 Å². The van der Waals surface area contributed by atoms with Crippen molar-refractivity contribution in [1.29, 1.82) is 0 Å². The van der Waals surface area contributed by atoms with Crippen LogP contribution in [-0.2, 0) is 0 Å². The summed E-state index contributed by atoms with van der Waals surface area (Å²) in [6.45, 7) is 0.417. The van der Waals surface area contributed by atoms with E-state index in [0.29, 0.717) is 21.6 Å². The number of nitro groups is 1. The zero-order valence-electron chi connectivity index (χ0n) is 10.1. The maximum atomic E-state index is 12.1. The van der Waals surface area contributed by atoms with E-state index in [1.54, 1.807) is 0 Å². The number of nitrogens with two attached hydrogens (primary N) is 1. The summed E-state index contributed by atoms with van der Waals surface area (Å²) in [5, 5.41) is 13.5. The Morgan fingerprint density at radius 2 is 2.26 bits per heavy atom. The Kier molecular flexibility index (Phi) is 4.35. The molecule has 1 atom stereocenters. The van der Waals surface area contributed by atoms with E-state index < -0.39 is 4.92 Å². The minimum absolute atomic E-state index is 0.00140. The Hall–Kier alpha value is -1.22. The van der Waals surface area contributed by atoms with Gasteiger partial charge in [0.1, 0.15) is 0 Å². The van der Waals surface area contributed by atoms with Crippen LogP contribution in [-0.4, -0.2) is 23.4 Å². The number of hydrogen-bond acceptors (Lipinski definition) is 4. The van der Waals surface area contributed by atoms with Gasteiger partial charge in [-0.1, -0.05) is 0 Å². The molecule has 0 bridgehead atoms. The van der Waals surface area contributed by atoms with E-state index in [0.717, 1.165) is 12.8 Å². The van der Waals surface area contributed by atoms with E-state index in [1.165, 1.54) is 18.2 Å². The molecular weight excluding hydrogens is 361 g/mol. The van der Waals surface area contributed by atoms with Crippen LogP contribution in [0.4, 0.5) is 5.69 Å². The molecule has 1 aliphatic rings. The molecule has 0 aromatic heterocycles. The van der Waals surface area contributed by atoms with E-state index >= 15 is 0 Å². The van der Waals surface area contributed by atoms with Crippen molar-refractivity contribution in [3.05, 3.63) is 37.4 Å². The predicted molar refractivity (Wildman–Crippen MR) is 78.8 cm³/mol. The second-order valence-electron chi connectivity index (χ2n) is 4.57. The number of amides is 1. The molecule has 102 valence electrons. The summed E-state index contributed by atoms with van der Waals surface area (Å²) in [6.07, 6.45) is 2.19. The summed E-state index contributed by atoms with van der Waals surface area (Å²) < 4.78 is 0.566. The normalized spacial score (nSPS) is 15.9. The standard InChI is InChI=1S/C12H14IN3O3/c13-10-5-8(16(18)19)3-4-9(10)12(17)15-11(6-14)7-1-2-7/h3-5,7,11H,1-2,6,14H2,(H,15,17). The van der Waals surface area contributed by atoms with Gasteiger partial charge >= 0.3 is 0 Å². The first-order valence-corrected chi connectivity index (χ1v) is 7.05. The van der Waals surface area contributed by atoms with Crippen LogP contribution in [0.2, 0.25) is 0 Å². The molecule has 0 saturated heterocycles. The summed E-state index contributed by atoms with van der Waals surface area (Å²) in [7, 11) is 0. The first-order valence-electron chi connectivity index (χ1n) is 5.97. The molecule has 1 fully saturated rings. The van der Waals surface area contributed by atoms with Crippen molar-refractivity contribution >= 4 is 34.2 Å². The minimum Gasteiger partial charge on any atom is -0.348 e. The van der Waals surface area contributed by atoms with Gasteiger partial charge in [0.05, 0.1) is 10.5 Å². The number of carbonyl (C=O) groups excluding carboxylic acids is 1. The van der Waals surface area contributed by atoms with Gasteiger partial charge in [0.2, 0.25) is 0 Å². The van der Waals surface area contributed by atoms with Crippen LogP contribution in [0.3, 0.4) is 0 Å². The number of hydrogen-bond donors (Lipinski definition) is 2. The summed E-state index contributed by atoms with van der Waals surface area (Å²) in [6, 6.07) is 4.21. The summed E-state index contributed by atoms with van der Waals surface area (Å²) in [4.78, 5) is 22.3. The van der Waals surface area contributed by atoms with Gasteiger partial charge in [-0.05, 0) is 47.4 Å². The number of nitrogens with one attached hydrogen (secondary N) is 1. The fourth-order valence-corrected chi connectivity index (χ4v) is 2.66. The van der Waals surface area contributed by atoms with Gasteiger partial charge in [-0.3, -0.25) is 14.9 Å². The number of nitrogens with zero attached hydrogens (tertiary/aromatic N) is 1. The van der Waals surface area contributed by atoms with Crippen LogP contribution in [0.1, 0.15) is 23.2 Å². The number of halogens is 1. The summed E-state index contributed by atoms with van der Waals surface area (Å²) in [5.41, 5.74) is 6.07. The van der Waals surface area contributed by atoms with Crippen molar-refractivity contribution in [3.63, 3.8) is 0 Å². The van der Waals surface area contributed by atoms with Crippen molar-refractivity contribution in [2.24, 2.45) is 11.7 Å². The first-order chi connectivity index (χ1) is 9.02. The van der Waals surface area contributed by atoms with E-state index in [1.807, 2.05) is 22.6 Å². The summed E-state index contributed by atoms with van der Waals surface area (Å²) >= 11 is 1.93. The molecule has 1 aromatic carbocycles. The highest BCUT2D eigenvalue weighted by molar-refractivity contribution is 14.1. The van der Waals surface area contributed by atoms with Crippen LogP contribution in [0.5, 0.6) is 0 Å². The van der Waals surface area contributed by atoms with Gasteiger partial charge < -0.3 is 11.1 Å². The van der Waals surface area contributed by atoms with Crippen LogP contribution in [0.25, 0.3) is 0 Å². The number of carbonyl (C=O) groups is 1.